The van der Waals surface area contributed by atoms with Gasteiger partial charge < -0.3 is 15.8 Å². The first-order valence-electron chi connectivity index (χ1n) is 8.52. The topological polar surface area (TPSA) is 87.9 Å². The molecule has 3 aromatic rings. The van der Waals surface area contributed by atoms with Crippen LogP contribution in [0.15, 0.2) is 36.8 Å². The molecule has 1 fully saturated rings. The fourth-order valence-corrected chi connectivity index (χ4v) is 3.73. The molecular formula is C18H18N6O. The SMILES string of the molecule is On1c(C2CCNCC2)nc2c1-c1cccnc1Nc1cnccc1-2. The summed E-state index contributed by atoms with van der Waals surface area (Å²) in [5, 5.41) is 17.7. The van der Waals surface area contributed by atoms with Crippen LogP contribution in [0.2, 0.25) is 0 Å². The number of fused-ring (bicyclic) bond motifs is 5. The van der Waals surface area contributed by atoms with E-state index < -0.39 is 0 Å². The summed E-state index contributed by atoms with van der Waals surface area (Å²) in [7, 11) is 0. The molecule has 0 amide bonds. The third-order valence-corrected chi connectivity index (χ3v) is 4.98. The van der Waals surface area contributed by atoms with Crippen molar-refractivity contribution in [3.8, 4) is 22.5 Å². The lowest BCUT2D eigenvalue weighted by Gasteiger charge is -2.21. The Kier molecular flexibility index (Phi) is 3.21. The Morgan fingerprint density at radius 3 is 2.88 bits per heavy atom. The van der Waals surface area contributed by atoms with Gasteiger partial charge in [0.15, 0.2) is 0 Å². The van der Waals surface area contributed by atoms with Crippen molar-refractivity contribution in [3.63, 3.8) is 0 Å². The number of rotatable bonds is 1. The molecule has 0 spiro atoms. The van der Waals surface area contributed by atoms with E-state index in [1.807, 2.05) is 18.2 Å². The minimum absolute atomic E-state index is 0.247. The van der Waals surface area contributed by atoms with Crippen molar-refractivity contribution in [2.24, 2.45) is 0 Å². The fourth-order valence-electron chi connectivity index (χ4n) is 3.73. The zero-order valence-corrected chi connectivity index (χ0v) is 13.6. The zero-order valence-electron chi connectivity index (χ0n) is 13.6. The lowest BCUT2D eigenvalue weighted by molar-refractivity contribution is 0.171. The maximum atomic E-state index is 11.0. The van der Waals surface area contributed by atoms with Gasteiger partial charge in [0.2, 0.25) is 0 Å². The highest BCUT2D eigenvalue weighted by Crippen LogP contribution is 2.44. The van der Waals surface area contributed by atoms with Gasteiger partial charge in [0.05, 0.1) is 11.9 Å². The van der Waals surface area contributed by atoms with Crippen molar-refractivity contribution in [3.05, 3.63) is 42.6 Å². The van der Waals surface area contributed by atoms with E-state index in [0.29, 0.717) is 11.5 Å². The molecule has 3 aromatic heterocycles. The van der Waals surface area contributed by atoms with E-state index in [1.165, 1.54) is 4.73 Å². The van der Waals surface area contributed by atoms with Gasteiger partial charge in [-0.3, -0.25) is 4.98 Å². The van der Waals surface area contributed by atoms with Gasteiger partial charge in [-0.2, -0.15) is 4.73 Å². The van der Waals surface area contributed by atoms with Crippen LogP contribution in [0, 0.1) is 0 Å². The monoisotopic (exact) mass is 334 g/mol. The van der Waals surface area contributed by atoms with Crippen LogP contribution in [-0.2, 0) is 0 Å². The fraction of sp³-hybridized carbons (Fsp3) is 0.278. The van der Waals surface area contributed by atoms with Gasteiger partial charge in [-0.1, -0.05) is 0 Å². The minimum Gasteiger partial charge on any atom is -0.427 e. The van der Waals surface area contributed by atoms with E-state index in [0.717, 1.165) is 54.3 Å². The number of nitrogens with one attached hydrogen (secondary N) is 2. The molecule has 0 atom stereocenters. The van der Waals surface area contributed by atoms with Crippen molar-refractivity contribution >= 4 is 11.5 Å². The molecule has 0 saturated carbocycles. The third kappa shape index (κ3) is 2.20. The number of hydrogen-bond donors (Lipinski definition) is 3. The van der Waals surface area contributed by atoms with Crippen molar-refractivity contribution < 1.29 is 5.21 Å². The second-order valence-electron chi connectivity index (χ2n) is 6.45. The normalized spacial score (nSPS) is 16.3. The molecule has 5 heterocycles. The Labute approximate surface area is 144 Å². The number of imidazole rings is 1. The Bertz CT molecular complexity index is 944. The number of anilines is 2. The molecular weight excluding hydrogens is 316 g/mol. The summed E-state index contributed by atoms with van der Waals surface area (Å²) in [5.74, 6) is 1.67. The van der Waals surface area contributed by atoms with Crippen LogP contribution in [0.1, 0.15) is 24.6 Å². The zero-order chi connectivity index (χ0) is 16.8. The van der Waals surface area contributed by atoms with Crippen molar-refractivity contribution in [2.45, 2.75) is 18.8 Å². The van der Waals surface area contributed by atoms with Gasteiger partial charge in [0, 0.05) is 29.4 Å². The highest BCUT2D eigenvalue weighted by Gasteiger charge is 2.30. The summed E-state index contributed by atoms with van der Waals surface area (Å²) in [4.78, 5) is 13.5. The molecule has 1 saturated heterocycles. The first kappa shape index (κ1) is 14.4. The molecule has 5 rings (SSSR count). The molecule has 0 bridgehead atoms. The molecule has 25 heavy (non-hydrogen) atoms. The van der Waals surface area contributed by atoms with E-state index in [9.17, 15) is 5.21 Å². The molecule has 2 aliphatic heterocycles. The minimum atomic E-state index is 0.247. The van der Waals surface area contributed by atoms with Gasteiger partial charge in [-0.25, -0.2) is 9.97 Å². The average molecular weight is 334 g/mol. The number of aromatic nitrogens is 4. The lowest BCUT2D eigenvalue weighted by Crippen LogP contribution is -2.28. The summed E-state index contributed by atoms with van der Waals surface area (Å²) in [5.41, 5.74) is 4.06. The molecule has 3 N–H and O–H groups in total. The molecule has 126 valence electrons. The van der Waals surface area contributed by atoms with Crippen LogP contribution in [0.4, 0.5) is 11.5 Å². The van der Waals surface area contributed by atoms with Crippen LogP contribution in [-0.4, -0.2) is 38.0 Å². The first-order chi connectivity index (χ1) is 12.3. The highest BCUT2D eigenvalue weighted by atomic mass is 16.5. The van der Waals surface area contributed by atoms with Gasteiger partial charge in [0.1, 0.15) is 23.0 Å². The molecule has 7 heteroatoms. The van der Waals surface area contributed by atoms with Crippen molar-refractivity contribution in [2.75, 3.05) is 18.4 Å². The van der Waals surface area contributed by atoms with Gasteiger partial charge >= 0.3 is 0 Å². The Balaban J connectivity index is 1.78. The summed E-state index contributed by atoms with van der Waals surface area (Å²) in [6.45, 7) is 1.89. The second-order valence-corrected chi connectivity index (χ2v) is 6.45. The standard InChI is InChI=1S/C18H18N6O/c25-24-16-13-2-1-6-21-17(13)22-14-10-20-9-5-12(14)15(16)23-18(24)11-3-7-19-8-4-11/h1-2,5-6,9-11,19,25H,3-4,7-8H2,(H,21,22). The van der Waals surface area contributed by atoms with Gasteiger partial charge in [-0.15, -0.1) is 0 Å². The Hall–Kier alpha value is -2.93. The van der Waals surface area contributed by atoms with Gasteiger partial charge in [0.25, 0.3) is 0 Å². The van der Waals surface area contributed by atoms with Crippen molar-refractivity contribution in [1.82, 2.24) is 25.0 Å². The summed E-state index contributed by atoms with van der Waals surface area (Å²) in [6, 6.07) is 5.75. The smallest absolute Gasteiger partial charge is 0.149 e. The summed E-state index contributed by atoms with van der Waals surface area (Å²) < 4.78 is 1.27. The molecule has 0 unspecified atom stereocenters. The van der Waals surface area contributed by atoms with E-state index in [4.69, 9.17) is 4.98 Å². The van der Waals surface area contributed by atoms with Crippen molar-refractivity contribution in [1.29, 1.82) is 0 Å². The number of piperidine rings is 1. The van der Waals surface area contributed by atoms with Crippen LogP contribution in [0.25, 0.3) is 22.5 Å². The number of pyridine rings is 2. The molecule has 0 aromatic carbocycles. The maximum Gasteiger partial charge on any atom is 0.149 e. The molecule has 7 nitrogen and oxygen atoms in total. The highest BCUT2D eigenvalue weighted by molar-refractivity contribution is 5.94. The van der Waals surface area contributed by atoms with E-state index in [1.54, 1.807) is 18.6 Å². The predicted molar refractivity (Wildman–Crippen MR) is 94.0 cm³/mol. The molecule has 0 aliphatic carbocycles. The first-order valence-corrected chi connectivity index (χ1v) is 8.52. The summed E-state index contributed by atoms with van der Waals surface area (Å²) >= 11 is 0. The number of nitrogens with zero attached hydrogens (tertiary/aromatic N) is 4. The van der Waals surface area contributed by atoms with E-state index in [-0.39, 0.29) is 5.92 Å². The predicted octanol–water partition coefficient (Wildman–Crippen LogP) is 2.77. The Morgan fingerprint density at radius 1 is 1.12 bits per heavy atom. The van der Waals surface area contributed by atoms with Crippen LogP contribution < -0.4 is 10.6 Å². The molecule has 0 radical (unpaired) electrons. The maximum absolute atomic E-state index is 11.0. The van der Waals surface area contributed by atoms with Gasteiger partial charge in [-0.05, 0) is 44.1 Å². The Morgan fingerprint density at radius 2 is 2.00 bits per heavy atom. The van der Waals surface area contributed by atoms with Crippen LogP contribution >= 0.6 is 0 Å². The average Bonchev–Trinajstić information content (AvgIpc) is 2.93. The molecule has 2 aliphatic rings. The van der Waals surface area contributed by atoms with Crippen LogP contribution in [0.5, 0.6) is 0 Å². The van der Waals surface area contributed by atoms with E-state index >= 15 is 0 Å². The summed E-state index contributed by atoms with van der Waals surface area (Å²) in [6.07, 6.45) is 7.19. The largest absolute Gasteiger partial charge is 0.427 e. The van der Waals surface area contributed by atoms with E-state index in [2.05, 4.69) is 20.6 Å². The third-order valence-electron chi connectivity index (χ3n) is 4.98. The quantitative estimate of drug-likeness (QED) is 0.464. The number of hydrogen-bond acceptors (Lipinski definition) is 6. The van der Waals surface area contributed by atoms with Crippen LogP contribution in [0.3, 0.4) is 0 Å². The second kappa shape index (κ2) is 5.56. The lowest BCUT2D eigenvalue weighted by atomic mass is 9.97.